The second kappa shape index (κ2) is 6.21. The van der Waals surface area contributed by atoms with Gasteiger partial charge in [-0.1, -0.05) is 29.5 Å². The van der Waals surface area contributed by atoms with Gasteiger partial charge >= 0.3 is 0 Å². The third kappa shape index (κ3) is 3.28. The van der Waals surface area contributed by atoms with Crippen LogP contribution in [0.3, 0.4) is 0 Å². The van der Waals surface area contributed by atoms with Crippen LogP contribution in [0.4, 0.5) is 0 Å². The maximum Gasteiger partial charge on any atom is 0.136 e. The first-order chi connectivity index (χ1) is 9.02. The van der Waals surface area contributed by atoms with Gasteiger partial charge < -0.3 is 25.2 Å². The summed E-state index contributed by atoms with van der Waals surface area (Å²) in [6.45, 7) is 1.55. The monoisotopic (exact) mass is 286 g/mol. The Morgan fingerprint density at radius 1 is 1.16 bits per heavy atom. The van der Waals surface area contributed by atoms with E-state index in [0.29, 0.717) is 0 Å². The van der Waals surface area contributed by atoms with Gasteiger partial charge in [0, 0.05) is 4.90 Å². The summed E-state index contributed by atoms with van der Waals surface area (Å²) in [7, 11) is 0. The van der Waals surface area contributed by atoms with Gasteiger partial charge in [0.05, 0.1) is 6.61 Å². The van der Waals surface area contributed by atoms with Crippen molar-refractivity contribution in [3.8, 4) is 0 Å². The van der Waals surface area contributed by atoms with E-state index in [1.165, 1.54) is 11.8 Å². The molecule has 106 valence electrons. The van der Waals surface area contributed by atoms with Gasteiger partial charge in [-0.25, -0.2) is 0 Å². The highest BCUT2D eigenvalue weighted by Crippen LogP contribution is 2.33. The molecule has 6 heteroatoms. The van der Waals surface area contributed by atoms with Crippen molar-refractivity contribution in [2.24, 2.45) is 0 Å². The Kier molecular flexibility index (Phi) is 4.83. The van der Waals surface area contributed by atoms with E-state index >= 15 is 0 Å². The zero-order valence-electron chi connectivity index (χ0n) is 10.5. The lowest BCUT2D eigenvalue weighted by atomic mass is 10.0. The molecule has 0 unspecified atom stereocenters. The number of aliphatic hydroxyl groups is 4. The van der Waals surface area contributed by atoms with Crippen molar-refractivity contribution in [2.75, 3.05) is 6.61 Å². The largest absolute Gasteiger partial charge is 0.394 e. The van der Waals surface area contributed by atoms with Crippen LogP contribution in [-0.2, 0) is 4.74 Å². The number of hydrogen-bond donors (Lipinski definition) is 4. The average molecular weight is 286 g/mol. The molecule has 1 fully saturated rings. The molecule has 5 atom stereocenters. The van der Waals surface area contributed by atoms with E-state index in [4.69, 9.17) is 9.84 Å². The fraction of sp³-hybridized carbons (Fsp3) is 0.538. The third-order valence-electron chi connectivity index (χ3n) is 3.09. The van der Waals surface area contributed by atoms with Crippen molar-refractivity contribution in [1.29, 1.82) is 0 Å². The number of aryl methyl sites for hydroxylation is 1. The van der Waals surface area contributed by atoms with Crippen molar-refractivity contribution < 1.29 is 25.2 Å². The molecule has 0 amide bonds. The molecule has 0 radical (unpaired) electrons. The molecule has 5 nitrogen and oxygen atoms in total. The van der Waals surface area contributed by atoms with E-state index < -0.39 is 36.5 Å². The predicted octanol–water partition coefficient (Wildman–Crippen LogP) is -0.113. The minimum absolute atomic E-state index is 0.407. The van der Waals surface area contributed by atoms with Gasteiger partial charge in [0.2, 0.25) is 0 Å². The molecular weight excluding hydrogens is 268 g/mol. The second-order valence-electron chi connectivity index (χ2n) is 4.63. The lowest BCUT2D eigenvalue weighted by molar-refractivity contribution is -0.205. The van der Waals surface area contributed by atoms with Crippen LogP contribution in [0.5, 0.6) is 0 Å². The highest BCUT2D eigenvalue weighted by molar-refractivity contribution is 7.99. The first-order valence-corrected chi connectivity index (χ1v) is 6.94. The molecule has 0 bridgehead atoms. The molecule has 2 rings (SSSR count). The number of benzene rings is 1. The molecule has 1 aliphatic heterocycles. The van der Waals surface area contributed by atoms with Crippen molar-refractivity contribution in [3.63, 3.8) is 0 Å². The molecular formula is C13H18O5S. The first-order valence-electron chi connectivity index (χ1n) is 6.07. The maximum atomic E-state index is 9.91. The normalized spacial score (nSPS) is 35.3. The molecule has 0 aliphatic carbocycles. The zero-order chi connectivity index (χ0) is 14.0. The summed E-state index contributed by atoms with van der Waals surface area (Å²) in [5.74, 6) is 0. The molecule has 4 N–H and O–H groups in total. The van der Waals surface area contributed by atoms with Crippen LogP contribution in [0.2, 0.25) is 0 Å². The maximum absolute atomic E-state index is 9.91. The van der Waals surface area contributed by atoms with Crippen LogP contribution in [0.15, 0.2) is 29.2 Å². The van der Waals surface area contributed by atoms with E-state index in [1.54, 1.807) is 0 Å². The van der Waals surface area contributed by atoms with Crippen molar-refractivity contribution >= 4 is 11.8 Å². The summed E-state index contributed by atoms with van der Waals surface area (Å²) in [4.78, 5) is 0.893. The SMILES string of the molecule is Cc1cccc(S[C@@H]2O[C@H](CO)[C@@H](O)[C@H](O)[C@H]2O)c1. The number of ether oxygens (including phenoxy) is 1. The van der Waals surface area contributed by atoms with Crippen LogP contribution in [-0.4, -0.2) is 56.9 Å². The van der Waals surface area contributed by atoms with Gasteiger partial charge in [0.15, 0.2) is 0 Å². The van der Waals surface area contributed by atoms with Gasteiger partial charge in [-0.15, -0.1) is 0 Å². The average Bonchev–Trinajstić information content (AvgIpc) is 2.39. The van der Waals surface area contributed by atoms with E-state index in [1.807, 2.05) is 31.2 Å². The van der Waals surface area contributed by atoms with Gasteiger partial charge in [-0.3, -0.25) is 0 Å². The fourth-order valence-electron chi connectivity index (χ4n) is 1.99. The molecule has 1 saturated heterocycles. The molecule has 0 aromatic heterocycles. The smallest absolute Gasteiger partial charge is 0.136 e. The molecule has 0 saturated carbocycles. The van der Waals surface area contributed by atoms with Gasteiger partial charge in [-0.05, 0) is 19.1 Å². The zero-order valence-corrected chi connectivity index (χ0v) is 11.3. The van der Waals surface area contributed by atoms with Gasteiger partial charge in [0.25, 0.3) is 0 Å². The van der Waals surface area contributed by atoms with Crippen LogP contribution in [0, 0.1) is 6.92 Å². The molecule has 19 heavy (non-hydrogen) atoms. The topological polar surface area (TPSA) is 90.2 Å². The van der Waals surface area contributed by atoms with Crippen LogP contribution >= 0.6 is 11.8 Å². The standard InChI is InChI=1S/C13H18O5S/c1-7-3-2-4-8(5-7)19-13-12(17)11(16)10(15)9(6-14)18-13/h2-5,9-17H,6H2,1H3/t9-,10-,11+,12-,13+/m1/s1. The second-order valence-corrected chi connectivity index (χ2v) is 5.80. The number of hydrogen-bond acceptors (Lipinski definition) is 6. The summed E-state index contributed by atoms with van der Waals surface area (Å²) in [5.41, 5.74) is 0.354. The van der Waals surface area contributed by atoms with Crippen LogP contribution < -0.4 is 0 Å². The van der Waals surface area contributed by atoms with Crippen molar-refractivity contribution in [1.82, 2.24) is 0 Å². The van der Waals surface area contributed by atoms with E-state index in [9.17, 15) is 15.3 Å². The van der Waals surface area contributed by atoms with Crippen LogP contribution in [0.1, 0.15) is 5.56 Å². The molecule has 1 aromatic carbocycles. The number of aliphatic hydroxyl groups excluding tert-OH is 4. The quantitative estimate of drug-likeness (QED) is 0.620. The number of thioether (sulfide) groups is 1. The molecule has 1 heterocycles. The summed E-state index contributed by atoms with van der Waals surface area (Å²) in [5, 5.41) is 38.4. The Morgan fingerprint density at radius 3 is 2.53 bits per heavy atom. The Bertz CT molecular complexity index is 425. The summed E-state index contributed by atoms with van der Waals surface area (Å²) < 4.78 is 5.43. The highest BCUT2D eigenvalue weighted by atomic mass is 32.2. The molecule has 1 aliphatic rings. The van der Waals surface area contributed by atoms with Gasteiger partial charge in [0.1, 0.15) is 29.9 Å². The van der Waals surface area contributed by atoms with Crippen molar-refractivity contribution in [3.05, 3.63) is 29.8 Å². The minimum Gasteiger partial charge on any atom is -0.394 e. The first kappa shape index (κ1) is 14.8. The Morgan fingerprint density at radius 2 is 1.89 bits per heavy atom. The summed E-state index contributed by atoms with van der Waals surface area (Å²) >= 11 is 1.26. The fourth-order valence-corrected chi connectivity index (χ4v) is 3.17. The number of rotatable bonds is 3. The van der Waals surface area contributed by atoms with Gasteiger partial charge in [-0.2, -0.15) is 0 Å². The summed E-state index contributed by atoms with van der Waals surface area (Å²) in [6.07, 6.45) is -4.70. The molecule has 1 aromatic rings. The lowest BCUT2D eigenvalue weighted by Crippen LogP contribution is -2.57. The minimum atomic E-state index is -1.33. The Balaban J connectivity index is 2.10. The molecule has 0 spiro atoms. The van der Waals surface area contributed by atoms with E-state index in [-0.39, 0.29) is 0 Å². The van der Waals surface area contributed by atoms with Crippen LogP contribution in [0.25, 0.3) is 0 Å². The Hall–Kier alpha value is -0.630. The van der Waals surface area contributed by atoms with E-state index in [2.05, 4.69) is 0 Å². The summed E-state index contributed by atoms with van der Waals surface area (Å²) in [6, 6.07) is 7.66. The van der Waals surface area contributed by atoms with E-state index in [0.717, 1.165) is 10.5 Å². The predicted molar refractivity (Wildman–Crippen MR) is 70.8 cm³/mol. The van der Waals surface area contributed by atoms with Crippen molar-refractivity contribution in [2.45, 2.75) is 41.7 Å². The third-order valence-corrected chi connectivity index (χ3v) is 4.24. The lowest BCUT2D eigenvalue weighted by Gasteiger charge is -2.39. The Labute approximate surface area is 115 Å². The highest BCUT2D eigenvalue weighted by Gasteiger charge is 2.43.